The van der Waals surface area contributed by atoms with E-state index in [1.165, 1.54) is 0 Å². The van der Waals surface area contributed by atoms with Crippen LogP contribution >= 0.6 is 11.8 Å². The predicted molar refractivity (Wildman–Crippen MR) is 71.5 cm³/mol. The molecule has 0 radical (unpaired) electrons. The Labute approximate surface area is 109 Å². The van der Waals surface area contributed by atoms with Gasteiger partial charge in [-0.3, -0.25) is 5.41 Å². The maximum absolute atomic E-state index is 14.0. The van der Waals surface area contributed by atoms with Gasteiger partial charge in [-0.2, -0.15) is 11.8 Å². The van der Waals surface area contributed by atoms with Crippen LogP contribution in [0.4, 0.5) is 14.5 Å². The topological polar surface area (TPSA) is 53.1 Å². The third-order valence-corrected chi connectivity index (χ3v) is 4.17. The van der Waals surface area contributed by atoms with Crippen molar-refractivity contribution in [1.82, 2.24) is 0 Å². The van der Waals surface area contributed by atoms with E-state index in [-0.39, 0.29) is 23.1 Å². The summed E-state index contributed by atoms with van der Waals surface area (Å²) in [6.07, 6.45) is 0. The van der Waals surface area contributed by atoms with Crippen molar-refractivity contribution in [3.8, 4) is 0 Å². The molecule has 1 saturated heterocycles. The van der Waals surface area contributed by atoms with Crippen LogP contribution in [0.1, 0.15) is 12.5 Å². The molecule has 1 aliphatic rings. The zero-order valence-electron chi connectivity index (χ0n) is 10.0. The average Bonchev–Trinajstić information content (AvgIpc) is 2.30. The van der Waals surface area contributed by atoms with Crippen LogP contribution in [0, 0.1) is 17.0 Å². The molecular weight excluding hydrogens is 256 g/mol. The van der Waals surface area contributed by atoms with Gasteiger partial charge < -0.3 is 10.6 Å². The largest absolute Gasteiger partial charge is 0.384 e. The Hall–Kier alpha value is -1.30. The van der Waals surface area contributed by atoms with Crippen LogP contribution in [0.25, 0.3) is 0 Å². The zero-order valence-corrected chi connectivity index (χ0v) is 10.9. The van der Waals surface area contributed by atoms with E-state index in [1.807, 2.05) is 6.92 Å². The van der Waals surface area contributed by atoms with Crippen molar-refractivity contribution in [2.75, 3.05) is 23.0 Å². The van der Waals surface area contributed by atoms with Crippen LogP contribution in [0.2, 0.25) is 0 Å². The van der Waals surface area contributed by atoms with E-state index in [4.69, 9.17) is 11.1 Å². The monoisotopic (exact) mass is 271 g/mol. The van der Waals surface area contributed by atoms with E-state index < -0.39 is 11.6 Å². The van der Waals surface area contributed by atoms with Crippen molar-refractivity contribution in [1.29, 1.82) is 5.41 Å². The minimum absolute atomic E-state index is 0.00667. The molecule has 0 aromatic heterocycles. The molecule has 6 heteroatoms. The minimum Gasteiger partial charge on any atom is -0.384 e. The number of hydrogen-bond donors (Lipinski definition) is 2. The second-order valence-electron chi connectivity index (χ2n) is 4.32. The molecule has 1 aliphatic heterocycles. The van der Waals surface area contributed by atoms with Crippen molar-refractivity contribution < 1.29 is 8.78 Å². The van der Waals surface area contributed by atoms with Gasteiger partial charge in [0, 0.05) is 29.7 Å². The van der Waals surface area contributed by atoms with Gasteiger partial charge in [-0.25, -0.2) is 8.78 Å². The molecule has 1 aromatic rings. The second-order valence-corrected chi connectivity index (χ2v) is 5.47. The Kier molecular flexibility index (Phi) is 3.75. The fourth-order valence-electron chi connectivity index (χ4n) is 2.05. The van der Waals surface area contributed by atoms with Crippen LogP contribution in [0.3, 0.4) is 0 Å². The standard InChI is InChI=1S/C12H15F2N3S/c1-7-6-18-3-2-17(7)11-9(13)4-8(12(15)16)5-10(11)14/h4-5,7H,2-3,6H2,1H3,(H3,15,16). The van der Waals surface area contributed by atoms with E-state index in [1.54, 1.807) is 16.7 Å². The van der Waals surface area contributed by atoms with E-state index in [9.17, 15) is 8.78 Å². The molecule has 3 N–H and O–H groups in total. The quantitative estimate of drug-likeness (QED) is 0.640. The van der Waals surface area contributed by atoms with Gasteiger partial charge in [0.1, 0.15) is 23.2 Å². The lowest BCUT2D eigenvalue weighted by Gasteiger charge is -2.35. The first kappa shape index (κ1) is 13.1. The number of rotatable bonds is 2. The molecule has 0 spiro atoms. The number of hydrogen-bond acceptors (Lipinski definition) is 3. The fourth-order valence-corrected chi connectivity index (χ4v) is 3.07. The molecule has 1 heterocycles. The molecule has 1 aromatic carbocycles. The third-order valence-electron chi connectivity index (χ3n) is 2.98. The summed E-state index contributed by atoms with van der Waals surface area (Å²) >= 11 is 1.78. The van der Waals surface area contributed by atoms with Crippen LogP contribution in [-0.4, -0.2) is 29.9 Å². The molecule has 98 valence electrons. The van der Waals surface area contributed by atoms with Gasteiger partial charge in [-0.05, 0) is 19.1 Å². The number of nitrogens with one attached hydrogen (secondary N) is 1. The molecule has 0 bridgehead atoms. The molecule has 0 saturated carbocycles. The second kappa shape index (κ2) is 5.14. The van der Waals surface area contributed by atoms with Crippen LogP contribution in [0.5, 0.6) is 0 Å². The molecule has 2 rings (SSSR count). The van der Waals surface area contributed by atoms with Crippen molar-refractivity contribution >= 4 is 23.3 Å². The molecular formula is C12H15F2N3S. The molecule has 0 aliphatic carbocycles. The molecule has 1 atom stereocenters. The van der Waals surface area contributed by atoms with E-state index in [0.717, 1.165) is 23.6 Å². The smallest absolute Gasteiger partial charge is 0.150 e. The Morgan fingerprint density at radius 1 is 1.44 bits per heavy atom. The van der Waals surface area contributed by atoms with Gasteiger partial charge in [-0.1, -0.05) is 0 Å². The maximum Gasteiger partial charge on any atom is 0.150 e. The molecule has 3 nitrogen and oxygen atoms in total. The van der Waals surface area contributed by atoms with Crippen LogP contribution in [0.15, 0.2) is 12.1 Å². The zero-order chi connectivity index (χ0) is 13.3. The van der Waals surface area contributed by atoms with E-state index in [0.29, 0.717) is 6.54 Å². The summed E-state index contributed by atoms with van der Waals surface area (Å²) in [5, 5.41) is 7.21. The molecule has 0 amide bonds. The maximum atomic E-state index is 14.0. The molecule has 1 fully saturated rings. The number of benzene rings is 1. The highest BCUT2D eigenvalue weighted by Gasteiger charge is 2.25. The van der Waals surface area contributed by atoms with Gasteiger partial charge in [0.2, 0.25) is 0 Å². The van der Waals surface area contributed by atoms with Gasteiger partial charge in [-0.15, -0.1) is 0 Å². The Morgan fingerprint density at radius 3 is 2.56 bits per heavy atom. The number of halogens is 2. The summed E-state index contributed by atoms with van der Waals surface area (Å²) in [6.45, 7) is 2.57. The highest BCUT2D eigenvalue weighted by atomic mass is 32.2. The summed E-state index contributed by atoms with van der Waals surface area (Å²) < 4.78 is 28.0. The number of anilines is 1. The number of thioether (sulfide) groups is 1. The first-order chi connectivity index (χ1) is 8.50. The lowest BCUT2D eigenvalue weighted by Crippen LogP contribution is -2.41. The Bertz CT molecular complexity index is 455. The first-order valence-electron chi connectivity index (χ1n) is 5.68. The van der Waals surface area contributed by atoms with Crippen molar-refractivity contribution in [3.63, 3.8) is 0 Å². The summed E-state index contributed by atoms with van der Waals surface area (Å²) in [6, 6.07) is 2.33. The summed E-state index contributed by atoms with van der Waals surface area (Å²) in [5.41, 5.74) is 5.31. The summed E-state index contributed by atoms with van der Waals surface area (Å²) in [4.78, 5) is 1.74. The third kappa shape index (κ3) is 2.43. The van der Waals surface area contributed by atoms with Crippen LogP contribution in [-0.2, 0) is 0 Å². The Balaban J connectivity index is 2.41. The fraction of sp³-hybridized carbons (Fsp3) is 0.417. The Morgan fingerprint density at radius 2 is 2.06 bits per heavy atom. The van der Waals surface area contributed by atoms with Gasteiger partial charge >= 0.3 is 0 Å². The van der Waals surface area contributed by atoms with E-state index >= 15 is 0 Å². The lowest BCUT2D eigenvalue weighted by atomic mass is 10.1. The SMILES string of the molecule is CC1CSCCN1c1c(F)cc(C(=N)N)cc1F. The number of amidine groups is 1. The van der Waals surface area contributed by atoms with Gasteiger partial charge in [0.05, 0.1) is 0 Å². The summed E-state index contributed by atoms with van der Waals surface area (Å²) in [5.74, 6) is 0.0740. The normalized spacial score (nSPS) is 19.9. The number of nitrogens with two attached hydrogens (primary N) is 1. The highest BCUT2D eigenvalue weighted by molar-refractivity contribution is 7.99. The highest BCUT2D eigenvalue weighted by Crippen LogP contribution is 2.29. The first-order valence-corrected chi connectivity index (χ1v) is 6.84. The van der Waals surface area contributed by atoms with E-state index in [2.05, 4.69) is 0 Å². The summed E-state index contributed by atoms with van der Waals surface area (Å²) in [7, 11) is 0. The molecule has 18 heavy (non-hydrogen) atoms. The predicted octanol–water partition coefficient (Wildman–Crippen LogP) is 2.19. The average molecular weight is 271 g/mol. The van der Waals surface area contributed by atoms with Crippen molar-refractivity contribution in [3.05, 3.63) is 29.3 Å². The lowest BCUT2D eigenvalue weighted by molar-refractivity contribution is 0.558. The molecule has 1 unspecified atom stereocenters. The van der Waals surface area contributed by atoms with Crippen molar-refractivity contribution in [2.24, 2.45) is 5.73 Å². The number of nitrogens with zero attached hydrogens (tertiary/aromatic N) is 1. The van der Waals surface area contributed by atoms with Gasteiger partial charge in [0.15, 0.2) is 0 Å². The minimum atomic E-state index is -0.654. The van der Waals surface area contributed by atoms with Crippen molar-refractivity contribution in [2.45, 2.75) is 13.0 Å². The number of nitrogen functional groups attached to an aromatic ring is 1. The van der Waals surface area contributed by atoms with Gasteiger partial charge in [0.25, 0.3) is 0 Å². The van der Waals surface area contributed by atoms with Crippen LogP contribution < -0.4 is 10.6 Å².